The molecule has 6 heteroatoms. The van der Waals surface area contributed by atoms with Crippen molar-refractivity contribution in [3.05, 3.63) is 59.7 Å². The van der Waals surface area contributed by atoms with Crippen LogP contribution in [0, 0.1) is 6.92 Å². The molecule has 2 amide bonds. The fourth-order valence-electron chi connectivity index (χ4n) is 2.76. The van der Waals surface area contributed by atoms with E-state index in [0.717, 1.165) is 28.9 Å². The zero-order valence-corrected chi connectivity index (χ0v) is 15.6. The molecule has 1 aliphatic heterocycles. The third kappa shape index (κ3) is 4.32. The van der Waals surface area contributed by atoms with Gasteiger partial charge in [-0.15, -0.1) is 0 Å². The number of rotatable bonds is 5. The first-order valence-corrected chi connectivity index (χ1v) is 9.44. The van der Waals surface area contributed by atoms with Crippen molar-refractivity contribution in [3.8, 4) is 0 Å². The molecule has 26 heavy (non-hydrogen) atoms. The lowest BCUT2D eigenvalue weighted by atomic mass is 10.1. The highest BCUT2D eigenvalue weighted by atomic mass is 32.2. The number of carbonyl (C=O) groups excluding carboxylic acids is 2. The van der Waals surface area contributed by atoms with E-state index in [1.165, 1.54) is 11.8 Å². The summed E-state index contributed by atoms with van der Waals surface area (Å²) in [5.41, 5.74) is 3.82. The van der Waals surface area contributed by atoms with Crippen LogP contribution in [0.3, 0.4) is 0 Å². The minimum Gasteiger partial charge on any atom is -0.326 e. The third-order valence-corrected chi connectivity index (χ3v) is 5.20. The van der Waals surface area contributed by atoms with Crippen molar-refractivity contribution >= 4 is 40.1 Å². The molecule has 1 atom stereocenters. The van der Waals surface area contributed by atoms with E-state index in [1.807, 2.05) is 55.5 Å². The molecule has 2 aromatic carbocycles. The number of thioether (sulfide) groups is 1. The van der Waals surface area contributed by atoms with Gasteiger partial charge in [0, 0.05) is 12.1 Å². The van der Waals surface area contributed by atoms with E-state index in [0.29, 0.717) is 5.17 Å². The van der Waals surface area contributed by atoms with Crippen LogP contribution < -0.4 is 10.6 Å². The number of anilines is 1. The number of amides is 2. The maximum absolute atomic E-state index is 12.2. The molecule has 0 saturated carbocycles. The van der Waals surface area contributed by atoms with Crippen LogP contribution in [0.4, 0.5) is 11.4 Å². The molecule has 3 rings (SSSR count). The van der Waals surface area contributed by atoms with Gasteiger partial charge >= 0.3 is 0 Å². The third-order valence-electron chi connectivity index (χ3n) is 4.12. The van der Waals surface area contributed by atoms with Crippen molar-refractivity contribution in [2.75, 3.05) is 5.32 Å². The summed E-state index contributed by atoms with van der Waals surface area (Å²) in [5, 5.41) is 5.69. The summed E-state index contributed by atoms with van der Waals surface area (Å²) < 4.78 is 0. The zero-order valence-electron chi connectivity index (χ0n) is 14.8. The van der Waals surface area contributed by atoms with Gasteiger partial charge < -0.3 is 10.6 Å². The van der Waals surface area contributed by atoms with Crippen LogP contribution >= 0.6 is 11.8 Å². The molecule has 1 saturated heterocycles. The van der Waals surface area contributed by atoms with E-state index in [9.17, 15) is 9.59 Å². The lowest BCUT2D eigenvalue weighted by molar-refractivity contribution is -0.122. The number of hydrogen-bond acceptors (Lipinski definition) is 4. The Morgan fingerprint density at radius 2 is 1.96 bits per heavy atom. The first-order valence-electron chi connectivity index (χ1n) is 8.56. The smallest absolute Gasteiger partial charge is 0.240 e. The molecular formula is C20H21N3O2S. The van der Waals surface area contributed by atoms with Gasteiger partial charge in [-0.2, -0.15) is 0 Å². The highest BCUT2D eigenvalue weighted by Gasteiger charge is 2.32. The summed E-state index contributed by atoms with van der Waals surface area (Å²) in [6, 6.07) is 15.3. The summed E-state index contributed by atoms with van der Waals surface area (Å²) >= 11 is 1.31. The number of aryl methyl sites for hydroxylation is 2. The molecule has 0 aromatic heterocycles. The topological polar surface area (TPSA) is 70.6 Å². The Kier molecular flexibility index (Phi) is 5.73. The van der Waals surface area contributed by atoms with Crippen molar-refractivity contribution in [2.24, 2.45) is 4.99 Å². The fourth-order valence-corrected chi connectivity index (χ4v) is 3.73. The Balaban J connectivity index is 1.68. The van der Waals surface area contributed by atoms with E-state index in [1.54, 1.807) is 0 Å². The average molecular weight is 367 g/mol. The Bertz CT molecular complexity index is 849. The van der Waals surface area contributed by atoms with Crippen molar-refractivity contribution < 1.29 is 9.59 Å². The number of hydrogen-bond donors (Lipinski definition) is 2. The van der Waals surface area contributed by atoms with Gasteiger partial charge in [0.2, 0.25) is 11.8 Å². The van der Waals surface area contributed by atoms with Gasteiger partial charge in [-0.1, -0.05) is 55.1 Å². The molecule has 0 radical (unpaired) electrons. The second-order valence-corrected chi connectivity index (χ2v) is 7.26. The molecule has 1 heterocycles. The van der Waals surface area contributed by atoms with Crippen LogP contribution in [0.1, 0.15) is 24.5 Å². The van der Waals surface area contributed by atoms with Gasteiger partial charge in [0.25, 0.3) is 0 Å². The first kappa shape index (κ1) is 18.2. The molecule has 2 N–H and O–H groups in total. The zero-order chi connectivity index (χ0) is 18.5. The van der Waals surface area contributed by atoms with Crippen LogP contribution in [0.5, 0.6) is 0 Å². The van der Waals surface area contributed by atoms with Crippen molar-refractivity contribution in [1.29, 1.82) is 0 Å². The standard InChI is InChI=1S/C20H21N3O2S/c1-3-14-9-7-8-13(2)18(14)22-20-23-19(25)16(26-20)12-17(24)21-15-10-5-4-6-11-15/h4-11,16H,3,12H2,1-2H3,(H,21,24)(H,22,23,25)/t16-/m1/s1. The summed E-state index contributed by atoms with van der Waals surface area (Å²) in [7, 11) is 0. The summed E-state index contributed by atoms with van der Waals surface area (Å²) in [6.45, 7) is 4.08. The molecule has 0 unspecified atom stereocenters. The van der Waals surface area contributed by atoms with E-state index in [4.69, 9.17) is 0 Å². The quantitative estimate of drug-likeness (QED) is 0.844. The minimum absolute atomic E-state index is 0.110. The molecule has 0 bridgehead atoms. The molecule has 0 spiro atoms. The Morgan fingerprint density at radius 3 is 2.69 bits per heavy atom. The maximum atomic E-state index is 12.2. The van der Waals surface area contributed by atoms with Gasteiger partial charge in [0.05, 0.1) is 5.69 Å². The summed E-state index contributed by atoms with van der Waals surface area (Å²) in [4.78, 5) is 29.0. The fraction of sp³-hybridized carbons (Fsp3) is 0.250. The summed E-state index contributed by atoms with van der Waals surface area (Å²) in [6.07, 6.45) is 0.980. The highest BCUT2D eigenvalue weighted by molar-refractivity contribution is 8.15. The number of nitrogens with one attached hydrogen (secondary N) is 2. The van der Waals surface area contributed by atoms with E-state index in [-0.39, 0.29) is 18.2 Å². The van der Waals surface area contributed by atoms with Crippen LogP contribution in [0.15, 0.2) is 53.5 Å². The number of benzene rings is 2. The van der Waals surface area contributed by atoms with E-state index < -0.39 is 5.25 Å². The Morgan fingerprint density at radius 1 is 1.19 bits per heavy atom. The molecule has 134 valence electrons. The highest BCUT2D eigenvalue weighted by Crippen LogP contribution is 2.29. The normalized spacial score (nSPS) is 18.0. The van der Waals surface area contributed by atoms with Gasteiger partial charge in [-0.3, -0.25) is 9.59 Å². The van der Waals surface area contributed by atoms with Crippen LogP contribution in [-0.4, -0.2) is 22.2 Å². The SMILES string of the molecule is CCc1cccc(C)c1N=C1NC(=O)[C@@H](CC(=O)Nc2ccccc2)S1. The lowest BCUT2D eigenvalue weighted by Crippen LogP contribution is -2.28. The van der Waals surface area contributed by atoms with Gasteiger partial charge in [-0.05, 0) is 36.6 Å². The Labute approximate surface area is 157 Å². The maximum Gasteiger partial charge on any atom is 0.240 e. The van der Waals surface area contributed by atoms with E-state index >= 15 is 0 Å². The molecule has 0 aliphatic carbocycles. The van der Waals surface area contributed by atoms with Crippen molar-refractivity contribution in [1.82, 2.24) is 5.32 Å². The van der Waals surface area contributed by atoms with Crippen molar-refractivity contribution in [2.45, 2.75) is 31.9 Å². The second kappa shape index (κ2) is 8.19. The number of para-hydroxylation sites is 2. The monoisotopic (exact) mass is 367 g/mol. The van der Waals surface area contributed by atoms with Crippen LogP contribution in [0.25, 0.3) is 0 Å². The van der Waals surface area contributed by atoms with Gasteiger partial charge in [0.1, 0.15) is 5.25 Å². The molecule has 1 aliphatic rings. The van der Waals surface area contributed by atoms with Crippen LogP contribution in [0.2, 0.25) is 0 Å². The lowest BCUT2D eigenvalue weighted by Gasteiger charge is -2.08. The molecule has 1 fully saturated rings. The van der Waals surface area contributed by atoms with Crippen molar-refractivity contribution in [3.63, 3.8) is 0 Å². The second-order valence-electron chi connectivity index (χ2n) is 6.07. The van der Waals surface area contributed by atoms with E-state index in [2.05, 4.69) is 22.5 Å². The van der Waals surface area contributed by atoms with Crippen LogP contribution in [-0.2, 0) is 16.0 Å². The largest absolute Gasteiger partial charge is 0.326 e. The molecular weight excluding hydrogens is 346 g/mol. The number of amidine groups is 1. The summed E-state index contributed by atoms with van der Waals surface area (Å²) in [5.74, 6) is -0.362. The average Bonchev–Trinajstić information content (AvgIpc) is 2.96. The molecule has 2 aromatic rings. The van der Waals surface area contributed by atoms with Gasteiger partial charge in [0.15, 0.2) is 5.17 Å². The van der Waals surface area contributed by atoms with Gasteiger partial charge in [-0.25, -0.2) is 4.99 Å². The number of aliphatic imine (C=N–C) groups is 1. The predicted octanol–water partition coefficient (Wildman–Crippen LogP) is 3.81. The first-order chi connectivity index (χ1) is 12.6. The Hall–Kier alpha value is -2.60. The minimum atomic E-state index is -0.466. The number of carbonyl (C=O) groups is 2. The predicted molar refractivity (Wildman–Crippen MR) is 107 cm³/mol. The molecule has 5 nitrogen and oxygen atoms in total. The number of nitrogens with zero attached hydrogens (tertiary/aromatic N) is 1.